The molecular formula is C8H12N2. The molecule has 0 aromatic carbocycles. The minimum atomic E-state index is 0.248. The summed E-state index contributed by atoms with van der Waals surface area (Å²) in [7, 11) is 0. The molecule has 2 aliphatic rings. The molecule has 0 radical (unpaired) electrons. The Hall–Kier alpha value is -0.630. The molecule has 2 heteroatoms. The average Bonchev–Trinajstić information content (AvgIpc) is 2.29. The Balaban J connectivity index is 2.28. The quantitative estimate of drug-likeness (QED) is 0.527. The van der Waals surface area contributed by atoms with E-state index in [1.54, 1.807) is 0 Å². The summed E-state index contributed by atoms with van der Waals surface area (Å²) in [5.41, 5.74) is 1.74. The molecule has 0 spiro atoms. The van der Waals surface area contributed by atoms with Gasteiger partial charge in [-0.05, 0) is 25.5 Å². The first-order chi connectivity index (χ1) is 4.81. The van der Waals surface area contributed by atoms with E-state index >= 15 is 0 Å². The first-order valence-electron chi connectivity index (χ1n) is 3.76. The number of fused-ring (bicyclic) bond motifs is 1. The molecule has 0 aliphatic carbocycles. The zero-order valence-electron chi connectivity index (χ0n) is 6.22. The topological polar surface area (TPSA) is 24.4 Å². The highest BCUT2D eigenvalue weighted by Gasteiger charge is 2.31. The maximum Gasteiger partial charge on any atom is 0.0380 e. The van der Waals surface area contributed by atoms with Crippen LogP contribution in [0.15, 0.2) is 16.8 Å². The molecule has 1 atom stereocenters. The summed E-state index contributed by atoms with van der Waals surface area (Å²) in [6.45, 7) is 4.41. The van der Waals surface area contributed by atoms with Crippen molar-refractivity contribution in [2.24, 2.45) is 10.4 Å². The molecule has 2 aliphatic heterocycles. The maximum absolute atomic E-state index is 4.17. The monoisotopic (exact) mass is 136 g/mol. The predicted octanol–water partition coefficient (Wildman–Crippen LogP) is 0.954. The average molecular weight is 136 g/mol. The minimum Gasteiger partial charge on any atom is -0.315 e. The zero-order chi connectivity index (χ0) is 7.03. The van der Waals surface area contributed by atoms with Gasteiger partial charge >= 0.3 is 0 Å². The predicted molar refractivity (Wildman–Crippen MR) is 42.2 cm³/mol. The van der Waals surface area contributed by atoms with Crippen LogP contribution in [0.4, 0.5) is 0 Å². The normalized spacial score (nSPS) is 37.5. The fourth-order valence-corrected chi connectivity index (χ4v) is 1.60. The van der Waals surface area contributed by atoms with E-state index in [-0.39, 0.29) is 5.41 Å². The molecule has 1 saturated heterocycles. The third-order valence-corrected chi connectivity index (χ3v) is 2.39. The molecule has 1 N–H and O–H groups in total. The van der Waals surface area contributed by atoms with Crippen molar-refractivity contribution in [3.05, 3.63) is 11.8 Å². The standard InChI is InChI=1S/C8H12N2/c1-8-5-9-3-2-7(8)4-10-6-8/h4,6,9H,2-3,5H2,1H3. The van der Waals surface area contributed by atoms with Crippen LogP contribution in [-0.4, -0.2) is 19.3 Å². The van der Waals surface area contributed by atoms with Crippen LogP contribution in [0.5, 0.6) is 0 Å². The van der Waals surface area contributed by atoms with E-state index in [4.69, 9.17) is 0 Å². The van der Waals surface area contributed by atoms with Gasteiger partial charge in [0.2, 0.25) is 0 Å². The van der Waals surface area contributed by atoms with E-state index in [2.05, 4.69) is 23.4 Å². The van der Waals surface area contributed by atoms with Gasteiger partial charge in [0.25, 0.3) is 0 Å². The van der Waals surface area contributed by atoms with Crippen molar-refractivity contribution in [3.8, 4) is 0 Å². The highest BCUT2D eigenvalue weighted by molar-refractivity contribution is 5.74. The van der Waals surface area contributed by atoms with Gasteiger partial charge in [-0.15, -0.1) is 0 Å². The van der Waals surface area contributed by atoms with Crippen molar-refractivity contribution in [1.82, 2.24) is 5.32 Å². The van der Waals surface area contributed by atoms with Gasteiger partial charge in [0.1, 0.15) is 0 Å². The smallest absolute Gasteiger partial charge is 0.0380 e. The third-order valence-electron chi connectivity index (χ3n) is 2.39. The molecule has 0 bridgehead atoms. The summed E-state index contributed by atoms with van der Waals surface area (Å²) in [6.07, 6.45) is 5.23. The second kappa shape index (κ2) is 1.92. The lowest BCUT2D eigenvalue weighted by Crippen LogP contribution is -2.39. The minimum absolute atomic E-state index is 0.248. The molecule has 10 heavy (non-hydrogen) atoms. The Morgan fingerprint density at radius 2 is 2.60 bits per heavy atom. The summed E-state index contributed by atoms with van der Waals surface area (Å²) in [4.78, 5) is 4.17. The lowest BCUT2D eigenvalue weighted by atomic mass is 9.81. The van der Waals surface area contributed by atoms with Crippen molar-refractivity contribution in [1.29, 1.82) is 0 Å². The molecule has 2 rings (SSSR count). The van der Waals surface area contributed by atoms with Crippen molar-refractivity contribution in [2.45, 2.75) is 13.3 Å². The molecule has 0 saturated carbocycles. The first kappa shape index (κ1) is 6.10. The Bertz CT molecular complexity index is 205. The molecule has 0 amide bonds. The highest BCUT2D eigenvalue weighted by Crippen LogP contribution is 2.32. The lowest BCUT2D eigenvalue weighted by molar-refractivity contribution is 0.443. The first-order valence-corrected chi connectivity index (χ1v) is 3.76. The van der Waals surface area contributed by atoms with E-state index in [1.807, 2.05) is 6.20 Å². The molecule has 54 valence electrons. The van der Waals surface area contributed by atoms with Gasteiger partial charge in [-0.3, -0.25) is 4.99 Å². The van der Waals surface area contributed by atoms with Gasteiger partial charge in [-0.25, -0.2) is 0 Å². The number of nitrogens with zero attached hydrogens (tertiary/aromatic N) is 1. The van der Waals surface area contributed by atoms with Gasteiger partial charge in [0, 0.05) is 24.4 Å². The van der Waals surface area contributed by atoms with Crippen LogP contribution in [0.1, 0.15) is 13.3 Å². The second-order valence-electron chi connectivity index (χ2n) is 3.28. The van der Waals surface area contributed by atoms with Gasteiger partial charge in [-0.1, -0.05) is 0 Å². The molecule has 0 aromatic heterocycles. The summed E-state index contributed by atoms with van der Waals surface area (Å²) in [6, 6.07) is 0. The second-order valence-corrected chi connectivity index (χ2v) is 3.28. The number of hydrogen-bond donors (Lipinski definition) is 1. The van der Waals surface area contributed by atoms with Crippen LogP contribution < -0.4 is 5.32 Å². The molecule has 1 unspecified atom stereocenters. The van der Waals surface area contributed by atoms with E-state index < -0.39 is 0 Å². The fourth-order valence-electron chi connectivity index (χ4n) is 1.60. The van der Waals surface area contributed by atoms with Crippen LogP contribution >= 0.6 is 0 Å². The molecular weight excluding hydrogens is 124 g/mol. The Morgan fingerprint density at radius 1 is 1.70 bits per heavy atom. The number of nitrogens with one attached hydrogen (secondary N) is 1. The SMILES string of the molecule is CC12C=NC=C1CCNC2. The van der Waals surface area contributed by atoms with Gasteiger partial charge < -0.3 is 5.32 Å². The van der Waals surface area contributed by atoms with E-state index in [1.165, 1.54) is 5.57 Å². The highest BCUT2D eigenvalue weighted by atomic mass is 14.9. The summed E-state index contributed by atoms with van der Waals surface area (Å²) in [5, 5.41) is 3.36. The number of hydrogen-bond acceptors (Lipinski definition) is 2. The van der Waals surface area contributed by atoms with E-state index in [9.17, 15) is 0 Å². The Morgan fingerprint density at radius 3 is 3.40 bits per heavy atom. The van der Waals surface area contributed by atoms with Crippen LogP contribution in [0, 0.1) is 5.41 Å². The van der Waals surface area contributed by atoms with Gasteiger partial charge in [-0.2, -0.15) is 0 Å². The van der Waals surface area contributed by atoms with E-state index in [0.717, 1.165) is 19.5 Å². The zero-order valence-corrected chi connectivity index (χ0v) is 6.22. The van der Waals surface area contributed by atoms with Gasteiger partial charge in [0.05, 0.1) is 0 Å². The molecule has 1 fully saturated rings. The Labute approximate surface area is 61.0 Å². The fraction of sp³-hybridized carbons (Fsp3) is 0.625. The molecule has 2 nitrogen and oxygen atoms in total. The van der Waals surface area contributed by atoms with Crippen molar-refractivity contribution in [2.75, 3.05) is 13.1 Å². The van der Waals surface area contributed by atoms with Crippen LogP contribution in [0.2, 0.25) is 0 Å². The van der Waals surface area contributed by atoms with Crippen LogP contribution in [0.3, 0.4) is 0 Å². The summed E-state index contributed by atoms with van der Waals surface area (Å²) < 4.78 is 0. The van der Waals surface area contributed by atoms with Crippen molar-refractivity contribution in [3.63, 3.8) is 0 Å². The maximum atomic E-state index is 4.17. The van der Waals surface area contributed by atoms with E-state index in [0.29, 0.717) is 0 Å². The van der Waals surface area contributed by atoms with Crippen molar-refractivity contribution >= 4 is 6.21 Å². The van der Waals surface area contributed by atoms with Crippen LogP contribution in [0.25, 0.3) is 0 Å². The van der Waals surface area contributed by atoms with Crippen LogP contribution in [-0.2, 0) is 0 Å². The molecule has 0 aromatic rings. The van der Waals surface area contributed by atoms with Gasteiger partial charge in [0.15, 0.2) is 0 Å². The lowest BCUT2D eigenvalue weighted by Gasteiger charge is -2.30. The summed E-state index contributed by atoms with van der Waals surface area (Å²) in [5.74, 6) is 0. The van der Waals surface area contributed by atoms with Crippen molar-refractivity contribution < 1.29 is 0 Å². The third kappa shape index (κ3) is 0.721. The number of rotatable bonds is 0. The largest absolute Gasteiger partial charge is 0.315 e. The summed E-state index contributed by atoms with van der Waals surface area (Å²) >= 11 is 0. The number of aliphatic imine (C=N–C) groups is 1. The number of piperidine rings is 1. The Kier molecular flexibility index (Phi) is 1.17. The molecule has 2 heterocycles.